The first-order chi connectivity index (χ1) is 24.0. The maximum absolute atomic E-state index is 6.63. The van der Waals surface area contributed by atoms with Crippen LogP contribution in [0.1, 0.15) is 50.7 Å². The highest BCUT2D eigenvalue weighted by Crippen LogP contribution is 2.41. The van der Waals surface area contributed by atoms with Crippen LogP contribution >= 0.6 is 0 Å². The molecule has 5 nitrogen and oxygen atoms in total. The standard InChI is InChI=1S/C44H36N4O/c1-27(2)32-16-10-17-33(28(3)4)42(32)41-26-46-44-38-25-31(21-22-34(38)35-14-5-8-20-40(35)48(41)44)49-30-13-9-12-29(24-30)47-39-19-7-6-15-36(39)37-18-11-23-45-43(37)47/h5-28H,1-4H3. The summed E-state index contributed by atoms with van der Waals surface area (Å²) in [4.78, 5) is 9.89. The summed E-state index contributed by atoms with van der Waals surface area (Å²) in [6.45, 7) is 9.10. The number of para-hydroxylation sites is 2. The Morgan fingerprint density at radius 2 is 1.20 bits per heavy atom. The minimum Gasteiger partial charge on any atom is -0.457 e. The fraction of sp³-hybridized carbons (Fsp3) is 0.136. The van der Waals surface area contributed by atoms with Gasteiger partial charge < -0.3 is 4.74 Å². The molecule has 0 atom stereocenters. The maximum atomic E-state index is 6.63. The van der Waals surface area contributed by atoms with Crippen LogP contribution in [0.25, 0.3) is 66.2 Å². The molecule has 0 spiro atoms. The van der Waals surface area contributed by atoms with Gasteiger partial charge in [0.25, 0.3) is 0 Å². The van der Waals surface area contributed by atoms with Crippen LogP contribution in [0.3, 0.4) is 0 Å². The van der Waals surface area contributed by atoms with Gasteiger partial charge in [0, 0.05) is 39.4 Å². The van der Waals surface area contributed by atoms with Crippen molar-refractivity contribution in [2.75, 3.05) is 0 Å². The van der Waals surface area contributed by atoms with Crippen LogP contribution in [0.5, 0.6) is 11.5 Å². The van der Waals surface area contributed by atoms with E-state index in [4.69, 9.17) is 14.7 Å². The number of benzene rings is 5. The first kappa shape index (κ1) is 29.2. The number of imidazole rings is 1. The molecule has 9 aromatic rings. The highest BCUT2D eigenvalue weighted by atomic mass is 16.5. The van der Waals surface area contributed by atoms with Crippen molar-refractivity contribution in [1.29, 1.82) is 0 Å². The van der Waals surface area contributed by atoms with Crippen molar-refractivity contribution in [2.24, 2.45) is 0 Å². The monoisotopic (exact) mass is 636 g/mol. The van der Waals surface area contributed by atoms with Crippen molar-refractivity contribution in [3.63, 3.8) is 0 Å². The highest BCUT2D eigenvalue weighted by Gasteiger charge is 2.21. The maximum Gasteiger partial charge on any atom is 0.145 e. The van der Waals surface area contributed by atoms with E-state index >= 15 is 0 Å². The van der Waals surface area contributed by atoms with Crippen molar-refractivity contribution in [3.05, 3.63) is 145 Å². The van der Waals surface area contributed by atoms with Gasteiger partial charge in [0.1, 0.15) is 22.8 Å². The molecule has 5 heteroatoms. The Bertz CT molecular complexity index is 2630. The molecule has 49 heavy (non-hydrogen) atoms. The third-order valence-electron chi connectivity index (χ3n) is 9.80. The van der Waals surface area contributed by atoms with Crippen LogP contribution in [-0.2, 0) is 0 Å². The van der Waals surface area contributed by atoms with Gasteiger partial charge in [-0.1, -0.05) is 88.4 Å². The largest absolute Gasteiger partial charge is 0.457 e. The predicted molar refractivity (Wildman–Crippen MR) is 202 cm³/mol. The second-order valence-corrected chi connectivity index (χ2v) is 13.5. The number of nitrogens with zero attached hydrogens (tertiary/aromatic N) is 4. The molecular formula is C44H36N4O. The van der Waals surface area contributed by atoms with E-state index in [1.807, 2.05) is 24.4 Å². The minimum absolute atomic E-state index is 0.375. The van der Waals surface area contributed by atoms with E-state index in [2.05, 4.69) is 146 Å². The molecule has 0 aliphatic rings. The van der Waals surface area contributed by atoms with E-state index < -0.39 is 0 Å². The molecule has 0 unspecified atom stereocenters. The van der Waals surface area contributed by atoms with Gasteiger partial charge in [-0.3, -0.25) is 8.97 Å². The summed E-state index contributed by atoms with van der Waals surface area (Å²) in [6, 6.07) is 42.6. The van der Waals surface area contributed by atoms with Gasteiger partial charge in [0.15, 0.2) is 0 Å². The summed E-state index contributed by atoms with van der Waals surface area (Å²) in [5, 5.41) is 5.70. The van der Waals surface area contributed by atoms with E-state index in [1.165, 1.54) is 27.5 Å². The molecule has 5 aromatic carbocycles. The summed E-state index contributed by atoms with van der Waals surface area (Å²) >= 11 is 0. The Hall–Kier alpha value is -5.94. The average Bonchev–Trinajstić information content (AvgIpc) is 3.72. The van der Waals surface area contributed by atoms with Gasteiger partial charge in [0.2, 0.25) is 0 Å². The molecule has 238 valence electrons. The first-order valence-corrected chi connectivity index (χ1v) is 17.1. The molecule has 0 saturated carbocycles. The van der Waals surface area contributed by atoms with Gasteiger partial charge in [-0.2, -0.15) is 0 Å². The topological polar surface area (TPSA) is 44.3 Å². The molecule has 4 aromatic heterocycles. The molecule has 0 radical (unpaired) electrons. The van der Waals surface area contributed by atoms with Crippen molar-refractivity contribution < 1.29 is 4.74 Å². The Labute approximate surface area is 285 Å². The van der Waals surface area contributed by atoms with Gasteiger partial charge in [-0.15, -0.1) is 0 Å². The lowest BCUT2D eigenvalue weighted by atomic mass is 9.87. The molecule has 0 saturated heterocycles. The molecule has 4 heterocycles. The summed E-state index contributed by atoms with van der Waals surface area (Å²) in [5.41, 5.74) is 10.2. The van der Waals surface area contributed by atoms with Gasteiger partial charge in [0.05, 0.1) is 28.6 Å². The van der Waals surface area contributed by atoms with E-state index in [0.29, 0.717) is 11.8 Å². The smallest absolute Gasteiger partial charge is 0.145 e. The molecule has 0 aliphatic carbocycles. The van der Waals surface area contributed by atoms with E-state index in [9.17, 15) is 0 Å². The third-order valence-corrected chi connectivity index (χ3v) is 9.80. The Kier molecular flexibility index (Phi) is 6.76. The van der Waals surface area contributed by atoms with Crippen molar-refractivity contribution in [1.82, 2.24) is 18.9 Å². The summed E-state index contributed by atoms with van der Waals surface area (Å²) < 4.78 is 11.2. The zero-order valence-electron chi connectivity index (χ0n) is 28.1. The summed E-state index contributed by atoms with van der Waals surface area (Å²) in [6.07, 6.45) is 3.91. The summed E-state index contributed by atoms with van der Waals surface area (Å²) in [7, 11) is 0. The third kappa shape index (κ3) is 4.61. The van der Waals surface area contributed by atoms with Crippen LogP contribution in [0.15, 0.2) is 134 Å². The first-order valence-electron chi connectivity index (χ1n) is 17.1. The lowest BCUT2D eigenvalue weighted by Gasteiger charge is -2.20. The predicted octanol–water partition coefficient (Wildman–Crippen LogP) is 11.8. The van der Waals surface area contributed by atoms with Crippen LogP contribution in [0, 0.1) is 0 Å². The minimum atomic E-state index is 0.375. The fourth-order valence-electron chi connectivity index (χ4n) is 7.59. The van der Waals surface area contributed by atoms with Crippen LogP contribution in [0.4, 0.5) is 0 Å². The number of fused-ring (bicyclic) bond motifs is 9. The zero-order valence-corrected chi connectivity index (χ0v) is 28.1. The molecule has 9 rings (SSSR count). The van der Waals surface area contributed by atoms with Crippen molar-refractivity contribution >= 4 is 49.3 Å². The van der Waals surface area contributed by atoms with Crippen molar-refractivity contribution in [3.8, 4) is 28.4 Å². The second kappa shape index (κ2) is 11.3. The number of hydrogen-bond donors (Lipinski definition) is 0. The number of hydrogen-bond acceptors (Lipinski definition) is 3. The Morgan fingerprint density at radius 3 is 1.98 bits per heavy atom. The van der Waals surface area contributed by atoms with E-state index in [1.54, 1.807) is 0 Å². The Morgan fingerprint density at radius 1 is 0.531 bits per heavy atom. The average molecular weight is 637 g/mol. The highest BCUT2D eigenvalue weighted by molar-refractivity contribution is 6.13. The second-order valence-electron chi connectivity index (χ2n) is 13.5. The fourth-order valence-corrected chi connectivity index (χ4v) is 7.59. The number of aromatic nitrogens is 4. The lowest BCUT2D eigenvalue weighted by Crippen LogP contribution is -2.02. The number of pyridine rings is 2. The van der Waals surface area contributed by atoms with E-state index in [0.717, 1.165) is 61.4 Å². The van der Waals surface area contributed by atoms with E-state index in [-0.39, 0.29) is 0 Å². The lowest BCUT2D eigenvalue weighted by molar-refractivity contribution is 0.483. The molecular weight excluding hydrogens is 601 g/mol. The molecule has 0 N–H and O–H groups in total. The zero-order chi connectivity index (χ0) is 33.2. The quantitative estimate of drug-likeness (QED) is 0.171. The van der Waals surface area contributed by atoms with Crippen molar-refractivity contribution in [2.45, 2.75) is 39.5 Å². The summed E-state index contributed by atoms with van der Waals surface area (Å²) in [5.74, 6) is 2.27. The van der Waals surface area contributed by atoms with Gasteiger partial charge >= 0.3 is 0 Å². The van der Waals surface area contributed by atoms with Gasteiger partial charge in [-0.25, -0.2) is 9.97 Å². The van der Waals surface area contributed by atoms with Crippen LogP contribution in [0.2, 0.25) is 0 Å². The van der Waals surface area contributed by atoms with Crippen LogP contribution in [-0.4, -0.2) is 18.9 Å². The molecule has 0 amide bonds. The van der Waals surface area contributed by atoms with Crippen LogP contribution < -0.4 is 4.74 Å². The molecule has 0 fully saturated rings. The number of ether oxygens (including phenoxy) is 1. The SMILES string of the molecule is CC(C)c1cccc(C(C)C)c1-c1cnc2c3cc(Oc4cccc(-n5c6ccccc6c6cccnc65)c4)ccc3c3ccccc3n12. The molecule has 0 aliphatic heterocycles. The normalized spacial score (nSPS) is 12.0. The molecule has 0 bridgehead atoms. The van der Waals surface area contributed by atoms with Gasteiger partial charge in [-0.05, 0) is 82.9 Å². The number of rotatable bonds is 6. The Balaban J connectivity index is 1.21.